The van der Waals surface area contributed by atoms with Crippen LogP contribution in [0.1, 0.15) is 26.5 Å². The molecule has 0 spiro atoms. The Morgan fingerprint density at radius 3 is 3.04 bits per heavy atom. The van der Waals surface area contributed by atoms with E-state index in [0.717, 1.165) is 5.56 Å². The lowest BCUT2D eigenvalue weighted by Gasteiger charge is -2.22. The van der Waals surface area contributed by atoms with E-state index in [2.05, 4.69) is 15.4 Å². The number of fused-ring (bicyclic) bond motifs is 1. The predicted octanol–water partition coefficient (Wildman–Crippen LogP) is 0.345. The number of hydrogen-bond acceptors (Lipinski definition) is 5. The van der Waals surface area contributed by atoms with E-state index in [1.807, 2.05) is 12.1 Å². The van der Waals surface area contributed by atoms with Crippen molar-refractivity contribution in [3.05, 3.63) is 41.3 Å². The summed E-state index contributed by atoms with van der Waals surface area (Å²) in [5.41, 5.74) is 1.62. The van der Waals surface area contributed by atoms with Crippen LogP contribution in [0.25, 0.3) is 0 Å². The van der Waals surface area contributed by atoms with E-state index in [0.29, 0.717) is 37.6 Å². The van der Waals surface area contributed by atoms with Gasteiger partial charge >= 0.3 is 0 Å². The molecule has 3 rings (SSSR count). The Morgan fingerprint density at radius 1 is 1.42 bits per heavy atom. The van der Waals surface area contributed by atoms with E-state index in [-0.39, 0.29) is 17.5 Å². The molecule has 1 aliphatic heterocycles. The smallest absolute Gasteiger partial charge is 0.271 e. The monoisotopic (exact) mass is 329 g/mol. The quantitative estimate of drug-likeness (QED) is 0.855. The molecular weight excluding hydrogens is 310 g/mol. The minimum Gasteiger partial charge on any atom is -0.481 e. The van der Waals surface area contributed by atoms with Crippen LogP contribution in [-0.4, -0.2) is 58.7 Å². The average Bonchev–Trinajstić information content (AvgIpc) is 3.04. The molecule has 126 valence electrons. The number of rotatable bonds is 5. The van der Waals surface area contributed by atoms with Crippen LogP contribution in [0.5, 0.6) is 5.88 Å². The van der Waals surface area contributed by atoms with Gasteiger partial charge in [0, 0.05) is 38.0 Å². The fourth-order valence-electron chi connectivity index (χ4n) is 2.61. The summed E-state index contributed by atoms with van der Waals surface area (Å²) >= 11 is 0. The first-order chi connectivity index (χ1) is 11.6. The molecule has 0 unspecified atom stereocenters. The molecule has 2 amide bonds. The van der Waals surface area contributed by atoms with E-state index in [1.165, 1.54) is 6.07 Å². The molecule has 0 aromatic carbocycles. The van der Waals surface area contributed by atoms with Crippen LogP contribution in [0.3, 0.4) is 0 Å². The zero-order valence-corrected chi connectivity index (χ0v) is 13.7. The molecule has 2 aromatic heterocycles. The standard InChI is InChI=1S/C16H19N5O3/c1-20-8-9-21-13(16(20)23)10-12(19-21)14(22)17-7-5-11-4-3-6-18-15(11)24-2/h3-4,6,10H,5,7-9H2,1-2H3,(H,17,22). The fraction of sp³-hybridized carbons (Fsp3) is 0.375. The highest BCUT2D eigenvalue weighted by Gasteiger charge is 2.25. The topological polar surface area (TPSA) is 89.3 Å². The van der Waals surface area contributed by atoms with Gasteiger partial charge in [-0.05, 0) is 12.5 Å². The second kappa shape index (κ2) is 6.69. The Bertz CT molecular complexity index is 771. The van der Waals surface area contributed by atoms with Gasteiger partial charge in [-0.2, -0.15) is 5.10 Å². The number of nitrogens with one attached hydrogen (secondary N) is 1. The van der Waals surface area contributed by atoms with Crippen molar-refractivity contribution in [2.45, 2.75) is 13.0 Å². The number of hydrogen-bond donors (Lipinski definition) is 1. The number of pyridine rings is 1. The van der Waals surface area contributed by atoms with Gasteiger partial charge in [-0.1, -0.05) is 6.07 Å². The largest absolute Gasteiger partial charge is 0.481 e. The Morgan fingerprint density at radius 2 is 2.25 bits per heavy atom. The van der Waals surface area contributed by atoms with Gasteiger partial charge in [0.2, 0.25) is 5.88 Å². The van der Waals surface area contributed by atoms with Crippen LogP contribution in [-0.2, 0) is 13.0 Å². The molecule has 1 aliphatic rings. The van der Waals surface area contributed by atoms with Gasteiger partial charge in [-0.3, -0.25) is 14.3 Å². The zero-order chi connectivity index (χ0) is 17.1. The van der Waals surface area contributed by atoms with Crippen LogP contribution >= 0.6 is 0 Å². The van der Waals surface area contributed by atoms with Crippen LogP contribution in [0, 0.1) is 0 Å². The number of amides is 2. The first-order valence-corrected chi connectivity index (χ1v) is 7.69. The molecule has 8 heteroatoms. The van der Waals surface area contributed by atoms with Crippen molar-refractivity contribution in [2.24, 2.45) is 0 Å². The Balaban J connectivity index is 1.62. The maximum atomic E-state index is 12.2. The van der Waals surface area contributed by atoms with Gasteiger partial charge in [0.1, 0.15) is 5.69 Å². The van der Waals surface area contributed by atoms with Gasteiger partial charge < -0.3 is 15.0 Å². The minimum absolute atomic E-state index is 0.118. The molecule has 24 heavy (non-hydrogen) atoms. The second-order valence-corrected chi connectivity index (χ2v) is 5.54. The Labute approximate surface area is 139 Å². The molecule has 1 N–H and O–H groups in total. The van der Waals surface area contributed by atoms with Gasteiger partial charge in [-0.25, -0.2) is 4.98 Å². The third kappa shape index (κ3) is 3.08. The van der Waals surface area contributed by atoms with Crippen molar-refractivity contribution >= 4 is 11.8 Å². The molecule has 0 saturated heterocycles. The summed E-state index contributed by atoms with van der Waals surface area (Å²) in [4.78, 5) is 30.0. The number of carbonyl (C=O) groups excluding carboxylic acids is 2. The highest BCUT2D eigenvalue weighted by molar-refractivity contribution is 5.98. The van der Waals surface area contributed by atoms with Crippen molar-refractivity contribution in [3.8, 4) is 5.88 Å². The maximum absolute atomic E-state index is 12.2. The van der Waals surface area contributed by atoms with Crippen LogP contribution < -0.4 is 10.1 Å². The molecule has 0 bridgehead atoms. The van der Waals surface area contributed by atoms with Crippen LogP contribution in [0.15, 0.2) is 24.4 Å². The zero-order valence-electron chi connectivity index (χ0n) is 13.7. The third-order valence-corrected chi connectivity index (χ3v) is 3.95. The molecule has 0 fully saturated rings. The van der Waals surface area contributed by atoms with Crippen molar-refractivity contribution in [1.29, 1.82) is 0 Å². The normalized spacial score (nSPS) is 13.6. The van der Waals surface area contributed by atoms with Gasteiger partial charge in [0.15, 0.2) is 5.69 Å². The molecule has 8 nitrogen and oxygen atoms in total. The molecule has 0 aliphatic carbocycles. The van der Waals surface area contributed by atoms with Crippen molar-refractivity contribution in [1.82, 2.24) is 25.0 Å². The molecule has 0 atom stereocenters. The Kier molecular flexibility index (Phi) is 4.45. The van der Waals surface area contributed by atoms with E-state index in [1.54, 1.807) is 29.9 Å². The second-order valence-electron chi connectivity index (χ2n) is 5.54. The lowest BCUT2D eigenvalue weighted by molar-refractivity contribution is 0.0742. The van der Waals surface area contributed by atoms with Crippen molar-refractivity contribution < 1.29 is 14.3 Å². The minimum atomic E-state index is -0.296. The molecule has 3 heterocycles. The number of likely N-dealkylation sites (N-methyl/N-ethyl adjacent to an activating group) is 1. The highest BCUT2D eigenvalue weighted by atomic mass is 16.5. The highest BCUT2D eigenvalue weighted by Crippen LogP contribution is 2.14. The summed E-state index contributed by atoms with van der Waals surface area (Å²) in [6.45, 7) is 1.62. The third-order valence-electron chi connectivity index (χ3n) is 3.95. The molecule has 0 saturated carbocycles. The molecule has 2 aromatic rings. The van der Waals surface area contributed by atoms with Crippen molar-refractivity contribution in [2.75, 3.05) is 27.2 Å². The number of carbonyl (C=O) groups is 2. The number of methoxy groups -OCH3 is 1. The lowest BCUT2D eigenvalue weighted by Crippen LogP contribution is -2.37. The number of nitrogens with zero attached hydrogens (tertiary/aromatic N) is 4. The summed E-state index contributed by atoms with van der Waals surface area (Å²) < 4.78 is 6.77. The molecule has 0 radical (unpaired) electrons. The summed E-state index contributed by atoms with van der Waals surface area (Å²) in [7, 11) is 3.30. The van der Waals surface area contributed by atoms with Gasteiger partial charge in [-0.15, -0.1) is 0 Å². The average molecular weight is 329 g/mol. The summed E-state index contributed by atoms with van der Waals surface area (Å²) in [5, 5.41) is 7.03. The summed E-state index contributed by atoms with van der Waals surface area (Å²) in [6.07, 6.45) is 2.25. The number of ether oxygens (including phenoxy) is 1. The van der Waals surface area contributed by atoms with Crippen LogP contribution in [0.4, 0.5) is 0 Å². The van der Waals surface area contributed by atoms with E-state index < -0.39 is 0 Å². The summed E-state index contributed by atoms with van der Waals surface area (Å²) in [6, 6.07) is 5.27. The van der Waals surface area contributed by atoms with Gasteiger partial charge in [0.25, 0.3) is 11.8 Å². The fourth-order valence-corrected chi connectivity index (χ4v) is 2.61. The van der Waals surface area contributed by atoms with E-state index in [9.17, 15) is 9.59 Å². The van der Waals surface area contributed by atoms with E-state index >= 15 is 0 Å². The first kappa shape index (κ1) is 16.0. The lowest BCUT2D eigenvalue weighted by atomic mass is 10.2. The van der Waals surface area contributed by atoms with Crippen molar-refractivity contribution in [3.63, 3.8) is 0 Å². The summed E-state index contributed by atoms with van der Waals surface area (Å²) in [5.74, 6) is 0.140. The van der Waals surface area contributed by atoms with Crippen LogP contribution in [0.2, 0.25) is 0 Å². The SMILES string of the molecule is COc1ncccc1CCNC(=O)c1cc2n(n1)CCN(C)C2=O. The molecular formula is C16H19N5O3. The maximum Gasteiger partial charge on any atom is 0.271 e. The van der Waals surface area contributed by atoms with Gasteiger partial charge in [0.05, 0.1) is 13.7 Å². The Hall–Kier alpha value is -2.90. The van der Waals surface area contributed by atoms with E-state index in [4.69, 9.17) is 4.74 Å². The number of aromatic nitrogens is 3. The first-order valence-electron chi connectivity index (χ1n) is 7.69. The predicted molar refractivity (Wildman–Crippen MR) is 86.0 cm³/mol.